The molecule has 1 atom stereocenters. The number of imidazole rings is 1. The van der Waals surface area contributed by atoms with Gasteiger partial charge < -0.3 is 5.73 Å². The number of nitrogens with zero attached hydrogens (tertiary/aromatic N) is 4. The van der Waals surface area contributed by atoms with Gasteiger partial charge in [-0.15, -0.1) is 48.6 Å². The summed E-state index contributed by atoms with van der Waals surface area (Å²) < 4.78 is 15.5. The van der Waals surface area contributed by atoms with Crippen molar-refractivity contribution in [3.8, 4) is 33.0 Å². The highest BCUT2D eigenvalue weighted by atomic mass is 35.5. The Bertz CT molecular complexity index is 1530. The highest BCUT2D eigenvalue weighted by Crippen LogP contribution is 2.34. The van der Waals surface area contributed by atoms with Gasteiger partial charge in [0.15, 0.2) is 0 Å². The number of fused-ring (bicyclic) bond motifs is 1. The number of nitrogens with two attached hydrogens (primary N) is 1. The lowest BCUT2D eigenvalue weighted by atomic mass is 10.0. The molecular formula is C26H26Cl3FN6OS. The summed E-state index contributed by atoms with van der Waals surface area (Å²) >= 11 is 1.70. The van der Waals surface area contributed by atoms with Gasteiger partial charge in [-0.05, 0) is 67.9 Å². The van der Waals surface area contributed by atoms with E-state index in [1.54, 1.807) is 23.5 Å². The van der Waals surface area contributed by atoms with Crippen LogP contribution in [-0.4, -0.2) is 43.0 Å². The minimum absolute atomic E-state index is 0. The lowest BCUT2D eigenvalue weighted by Gasteiger charge is -2.20. The van der Waals surface area contributed by atoms with Gasteiger partial charge in [0.2, 0.25) is 5.91 Å². The Kier molecular flexibility index (Phi) is 9.56. The zero-order valence-corrected chi connectivity index (χ0v) is 23.3. The fourth-order valence-electron chi connectivity index (χ4n) is 4.80. The van der Waals surface area contributed by atoms with E-state index < -0.39 is 0 Å². The number of aromatic nitrogens is 4. The maximum absolute atomic E-state index is 13.4. The third-order valence-electron chi connectivity index (χ3n) is 6.54. The van der Waals surface area contributed by atoms with Crippen molar-refractivity contribution in [2.24, 2.45) is 5.73 Å². The van der Waals surface area contributed by atoms with E-state index in [0.29, 0.717) is 0 Å². The maximum Gasteiger partial charge on any atom is 0.234 e. The van der Waals surface area contributed by atoms with Gasteiger partial charge in [0.1, 0.15) is 11.5 Å². The van der Waals surface area contributed by atoms with E-state index >= 15 is 0 Å². The van der Waals surface area contributed by atoms with E-state index in [1.165, 1.54) is 17.0 Å². The molecule has 1 aliphatic heterocycles. The number of H-pyrrole nitrogens is 1. The SMILES string of the molecule is Cl.Cl.Cl.NC(=O)[C@@H]1CCCN1Cc1ccc(-c2cnc3ccc(-c4c[nH]nc4-c4ccc(F)cc4)cn23)s1. The fourth-order valence-corrected chi connectivity index (χ4v) is 5.84. The molecule has 3 N–H and O–H groups in total. The van der Waals surface area contributed by atoms with Gasteiger partial charge in [-0.3, -0.25) is 19.2 Å². The Morgan fingerprint density at radius 2 is 1.84 bits per heavy atom. The number of hydrogen-bond acceptors (Lipinski definition) is 5. The van der Waals surface area contributed by atoms with Crippen molar-refractivity contribution in [1.82, 2.24) is 24.5 Å². The summed E-state index contributed by atoms with van der Waals surface area (Å²) in [7, 11) is 0. The number of rotatable bonds is 6. The second-order valence-electron chi connectivity index (χ2n) is 8.74. The number of likely N-dealkylation sites (tertiary alicyclic amines) is 1. The molecule has 38 heavy (non-hydrogen) atoms. The van der Waals surface area contributed by atoms with E-state index in [9.17, 15) is 9.18 Å². The third kappa shape index (κ3) is 5.57. The zero-order valence-electron chi connectivity index (χ0n) is 20.0. The molecule has 1 aromatic carbocycles. The van der Waals surface area contributed by atoms with Crippen LogP contribution in [-0.2, 0) is 11.3 Å². The monoisotopic (exact) mass is 594 g/mol. The smallest absolute Gasteiger partial charge is 0.234 e. The number of aromatic amines is 1. The highest BCUT2D eigenvalue weighted by Gasteiger charge is 2.29. The van der Waals surface area contributed by atoms with Gasteiger partial charge >= 0.3 is 0 Å². The largest absolute Gasteiger partial charge is 0.368 e. The van der Waals surface area contributed by atoms with Gasteiger partial charge in [-0.2, -0.15) is 5.10 Å². The summed E-state index contributed by atoms with van der Waals surface area (Å²) in [6, 6.07) is 14.4. The molecule has 1 saturated heterocycles. The van der Waals surface area contributed by atoms with Crippen LogP contribution in [0.15, 0.2) is 67.1 Å². The molecule has 0 aliphatic carbocycles. The summed E-state index contributed by atoms with van der Waals surface area (Å²) in [4.78, 5) is 20.8. The molecule has 1 aliphatic rings. The second kappa shape index (κ2) is 12.3. The predicted molar refractivity (Wildman–Crippen MR) is 156 cm³/mol. The molecular weight excluding hydrogens is 570 g/mol. The average molecular weight is 596 g/mol. The Morgan fingerprint density at radius 3 is 2.61 bits per heavy atom. The normalized spacial score (nSPS) is 15.0. The maximum atomic E-state index is 13.4. The molecule has 200 valence electrons. The molecule has 0 saturated carbocycles. The lowest BCUT2D eigenvalue weighted by Crippen LogP contribution is -2.39. The molecule has 1 fully saturated rings. The number of carbonyl (C=O) groups is 1. The highest BCUT2D eigenvalue weighted by molar-refractivity contribution is 7.15. The van der Waals surface area contributed by atoms with Crippen LogP contribution in [0.3, 0.4) is 0 Å². The van der Waals surface area contributed by atoms with Crippen molar-refractivity contribution >= 4 is 60.1 Å². The molecule has 7 nitrogen and oxygen atoms in total. The lowest BCUT2D eigenvalue weighted by molar-refractivity contribution is -0.122. The van der Waals surface area contributed by atoms with Crippen molar-refractivity contribution in [3.05, 3.63) is 77.8 Å². The Morgan fingerprint density at radius 1 is 1.08 bits per heavy atom. The molecule has 0 bridgehead atoms. The average Bonchev–Trinajstić information content (AvgIpc) is 3.65. The van der Waals surface area contributed by atoms with Gasteiger partial charge in [0, 0.05) is 40.5 Å². The first-order valence-electron chi connectivity index (χ1n) is 11.5. The van der Waals surface area contributed by atoms with E-state index in [4.69, 9.17) is 5.73 Å². The summed E-state index contributed by atoms with van der Waals surface area (Å²) in [5, 5.41) is 7.35. The first kappa shape index (κ1) is 29.6. The van der Waals surface area contributed by atoms with Crippen LogP contribution in [0.1, 0.15) is 17.7 Å². The van der Waals surface area contributed by atoms with E-state index in [0.717, 1.165) is 64.5 Å². The number of halogens is 4. The molecule has 5 aromatic rings. The fraction of sp³-hybridized carbons (Fsp3) is 0.192. The predicted octanol–water partition coefficient (Wildman–Crippen LogP) is 5.97. The first-order chi connectivity index (χ1) is 17.1. The molecule has 0 radical (unpaired) electrons. The standard InChI is InChI=1S/C26H23FN6OS.3ClH/c27-18-6-3-16(4-7-18)25-20(12-30-31-25)17-5-10-24-29-13-22(33(24)14-17)23-9-8-19(35-23)15-32-11-1-2-21(32)26(28)34;;;/h3-10,12-14,21H,1-2,11,15H2,(H2,28,34)(H,30,31);3*1H/t21-;;;/m0.../s1. The van der Waals surface area contributed by atoms with Crippen LogP contribution in [0.4, 0.5) is 4.39 Å². The second-order valence-corrected chi connectivity index (χ2v) is 9.91. The zero-order chi connectivity index (χ0) is 23.9. The third-order valence-corrected chi connectivity index (χ3v) is 7.63. The minimum atomic E-state index is -0.277. The van der Waals surface area contributed by atoms with Crippen molar-refractivity contribution in [1.29, 1.82) is 0 Å². The van der Waals surface area contributed by atoms with Gasteiger partial charge in [0.25, 0.3) is 0 Å². The van der Waals surface area contributed by atoms with Gasteiger partial charge in [-0.1, -0.05) is 0 Å². The van der Waals surface area contributed by atoms with E-state index in [1.807, 2.05) is 24.5 Å². The Balaban J connectivity index is 0.00000133. The Hall–Kier alpha value is -2.95. The van der Waals surface area contributed by atoms with Crippen LogP contribution >= 0.6 is 48.6 Å². The van der Waals surface area contributed by atoms with Crippen molar-refractivity contribution < 1.29 is 9.18 Å². The van der Waals surface area contributed by atoms with E-state index in [-0.39, 0.29) is 55.0 Å². The quantitative estimate of drug-likeness (QED) is 0.253. The number of amides is 1. The molecule has 5 heterocycles. The van der Waals surface area contributed by atoms with Crippen LogP contribution in [0.25, 0.3) is 38.6 Å². The summed E-state index contributed by atoms with van der Waals surface area (Å²) in [6.07, 6.45) is 7.61. The molecule has 0 spiro atoms. The molecule has 0 unspecified atom stereocenters. The number of thiophene rings is 1. The Labute approximate surface area is 241 Å². The van der Waals surface area contributed by atoms with Crippen LogP contribution in [0.5, 0.6) is 0 Å². The van der Waals surface area contributed by atoms with Crippen molar-refractivity contribution in [2.75, 3.05) is 6.54 Å². The number of primary amides is 1. The molecule has 1 amide bonds. The molecule has 12 heteroatoms. The topological polar surface area (TPSA) is 92.3 Å². The van der Waals surface area contributed by atoms with Crippen molar-refractivity contribution in [3.63, 3.8) is 0 Å². The summed E-state index contributed by atoms with van der Waals surface area (Å²) in [5.41, 5.74) is 10.9. The van der Waals surface area contributed by atoms with Gasteiger partial charge in [0.05, 0.1) is 28.5 Å². The number of pyridine rings is 1. The van der Waals surface area contributed by atoms with E-state index in [2.05, 4.69) is 42.8 Å². The number of carbonyl (C=O) groups excluding carboxylic acids is 1. The van der Waals surface area contributed by atoms with Gasteiger partial charge in [-0.25, -0.2) is 9.37 Å². The first-order valence-corrected chi connectivity index (χ1v) is 12.3. The number of benzene rings is 1. The number of hydrogen-bond donors (Lipinski definition) is 2. The summed E-state index contributed by atoms with van der Waals surface area (Å²) in [5.74, 6) is -0.520. The van der Waals surface area contributed by atoms with Crippen LogP contribution < -0.4 is 5.73 Å². The van der Waals surface area contributed by atoms with Crippen LogP contribution in [0, 0.1) is 5.82 Å². The summed E-state index contributed by atoms with van der Waals surface area (Å²) in [6.45, 7) is 1.61. The molecule has 4 aromatic heterocycles. The van der Waals surface area contributed by atoms with Crippen molar-refractivity contribution in [2.45, 2.75) is 25.4 Å². The number of nitrogens with one attached hydrogen (secondary N) is 1. The molecule has 6 rings (SSSR count). The minimum Gasteiger partial charge on any atom is -0.368 e. The van der Waals surface area contributed by atoms with Crippen LogP contribution in [0.2, 0.25) is 0 Å².